The van der Waals surface area contributed by atoms with Crippen molar-refractivity contribution in [3.63, 3.8) is 0 Å². The Morgan fingerprint density at radius 2 is 1.42 bits per heavy atom. The number of rotatable bonds is 2. The van der Waals surface area contributed by atoms with Gasteiger partial charge in [-0.3, -0.25) is 4.31 Å². The summed E-state index contributed by atoms with van der Waals surface area (Å²) in [5, 5.41) is 0. The molecule has 64 valence electrons. The molecule has 12 heavy (non-hydrogen) atoms. The van der Waals surface area contributed by atoms with Crippen LogP contribution in [0.2, 0.25) is 0 Å². The van der Waals surface area contributed by atoms with Crippen molar-refractivity contribution in [3.8, 4) is 0 Å². The first-order chi connectivity index (χ1) is 3.71. The van der Waals surface area contributed by atoms with Gasteiger partial charge in [0.2, 0.25) is 0 Å². The summed E-state index contributed by atoms with van der Waals surface area (Å²) in [7, 11) is -10.7. The Bertz CT molecular complexity index is 157. The second-order valence-corrected chi connectivity index (χ2v) is 3.55. The van der Waals surface area contributed by atoms with Gasteiger partial charge in [0.15, 0.2) is 0 Å². The van der Waals surface area contributed by atoms with Crippen molar-refractivity contribution in [1.82, 2.24) is 0 Å². The van der Waals surface area contributed by atoms with Crippen LogP contribution < -0.4 is 90.7 Å². The smallest absolute Gasteiger partial charge is 0.789 e. The van der Waals surface area contributed by atoms with Gasteiger partial charge < -0.3 is 29.6 Å². The predicted octanol–water partition coefficient (Wildman–Crippen LogP) is -8.89. The molecule has 0 heterocycles. The maximum Gasteiger partial charge on any atom is 1.00 e. The van der Waals surface area contributed by atoms with Crippen molar-refractivity contribution < 1.29 is 119 Å². The van der Waals surface area contributed by atoms with Crippen molar-refractivity contribution in [2.24, 2.45) is 0 Å². The zero-order chi connectivity index (χ0) is 7.71. The minimum absolute atomic E-state index is 0. The molecule has 0 aliphatic rings. The van der Waals surface area contributed by atoms with Crippen molar-refractivity contribution >= 4 is 15.6 Å². The van der Waals surface area contributed by atoms with E-state index in [4.69, 9.17) is 9.79 Å². The van der Waals surface area contributed by atoms with Crippen molar-refractivity contribution in [1.29, 1.82) is 0 Å². The van der Waals surface area contributed by atoms with E-state index >= 15 is 0 Å². The van der Waals surface area contributed by atoms with E-state index in [2.05, 4.69) is 4.31 Å². The summed E-state index contributed by atoms with van der Waals surface area (Å²) in [5.41, 5.74) is 0. The number of phosphoric acid groups is 2. The third-order valence-electron chi connectivity index (χ3n) is 0.206. The molecule has 0 radical (unpaired) electrons. The fourth-order valence-electron chi connectivity index (χ4n) is 0.130. The second kappa shape index (κ2) is 9.11. The molecular formula is H4KNaO8P2. The topological polar surface area (TPSA) is 161 Å². The molecule has 0 aromatic carbocycles. The molecule has 0 bridgehead atoms. The molecule has 0 unspecified atom stereocenters. The van der Waals surface area contributed by atoms with E-state index < -0.39 is 15.6 Å². The average Bonchev–Trinajstić information content (AvgIpc) is 1.14. The molecule has 8 nitrogen and oxygen atoms in total. The van der Waals surface area contributed by atoms with Crippen LogP contribution in [0.25, 0.3) is 0 Å². The van der Waals surface area contributed by atoms with Crippen LogP contribution in [-0.2, 0) is 13.4 Å². The maximum atomic E-state index is 9.55. The Morgan fingerprint density at radius 1 is 1.17 bits per heavy atom. The zero-order valence-corrected chi connectivity index (χ0v) is 13.2. The first kappa shape index (κ1) is 24.2. The number of hydrogen-bond donors (Lipinski definition) is 2. The van der Waals surface area contributed by atoms with E-state index in [0.717, 1.165) is 0 Å². The van der Waals surface area contributed by atoms with Crippen LogP contribution in [0.15, 0.2) is 0 Å². The van der Waals surface area contributed by atoms with Gasteiger partial charge in [-0.25, -0.2) is 4.57 Å². The molecule has 0 saturated carbocycles. The molecule has 0 aromatic heterocycles. The summed E-state index contributed by atoms with van der Waals surface area (Å²) in [6.45, 7) is 0. The van der Waals surface area contributed by atoms with E-state index in [1.54, 1.807) is 0 Å². The van der Waals surface area contributed by atoms with E-state index in [9.17, 15) is 18.9 Å². The average molecular weight is 256 g/mol. The Morgan fingerprint density at radius 3 is 1.42 bits per heavy atom. The van der Waals surface area contributed by atoms with E-state index in [1.807, 2.05) is 0 Å². The van der Waals surface area contributed by atoms with Gasteiger partial charge in [-0.05, 0) is 0 Å². The number of hydrogen-bond acceptors (Lipinski definition) is 5. The third-order valence-corrected chi connectivity index (χ3v) is 1.86. The van der Waals surface area contributed by atoms with Gasteiger partial charge in [-0.2, -0.15) is 0 Å². The van der Waals surface area contributed by atoms with E-state index in [0.29, 0.717) is 0 Å². The van der Waals surface area contributed by atoms with Gasteiger partial charge in [-0.1, -0.05) is 0 Å². The van der Waals surface area contributed by atoms with Gasteiger partial charge in [-0.15, -0.1) is 0 Å². The first-order valence-corrected chi connectivity index (χ1v) is 4.49. The third kappa shape index (κ3) is 23.0. The summed E-state index contributed by atoms with van der Waals surface area (Å²) < 4.78 is 21.7. The molecule has 0 spiro atoms. The minimum atomic E-state index is -5.55. The summed E-state index contributed by atoms with van der Waals surface area (Å²) in [6, 6.07) is 0. The van der Waals surface area contributed by atoms with Crippen LogP contribution in [-0.4, -0.2) is 15.3 Å². The van der Waals surface area contributed by atoms with Crippen LogP contribution >= 0.6 is 15.6 Å². The Balaban J connectivity index is -0.000000107. The minimum Gasteiger partial charge on any atom is -0.789 e. The Kier molecular flexibility index (Phi) is 18.4. The molecule has 4 N–H and O–H groups in total. The van der Waals surface area contributed by atoms with Crippen molar-refractivity contribution in [3.05, 3.63) is 0 Å². The van der Waals surface area contributed by atoms with Crippen LogP contribution in [0.1, 0.15) is 0 Å². The predicted molar refractivity (Wildman–Crippen MR) is 24.3 cm³/mol. The van der Waals surface area contributed by atoms with Crippen molar-refractivity contribution in [2.75, 3.05) is 0 Å². The normalized spacial score (nSPS) is 10.3. The summed E-state index contributed by atoms with van der Waals surface area (Å²) in [4.78, 5) is 34.1. The second-order valence-electron chi connectivity index (χ2n) is 1.02. The fraction of sp³-hybridized carbons (Fsp3) is 0. The van der Waals surface area contributed by atoms with Crippen molar-refractivity contribution in [2.45, 2.75) is 0 Å². The first-order valence-electron chi connectivity index (χ1n) is 1.50. The van der Waals surface area contributed by atoms with Crippen LogP contribution in [0.4, 0.5) is 0 Å². The largest absolute Gasteiger partial charge is 1.00 e. The Hall–Kier alpha value is 2.86. The molecule has 0 aliphatic heterocycles. The maximum absolute atomic E-state index is 9.55. The molecule has 0 atom stereocenters. The molecule has 0 aromatic rings. The standard InChI is InChI=1S/K.Na.H4O7P2.H2O/c;;1-8(2,3)7-9(4,5)6;/h;;(H2,1,2,3)(H2,4,5,6);1H2/q2*+1;;/p-2. The fourth-order valence-corrected chi connectivity index (χ4v) is 1.17. The SMILES string of the molecule is O.O=P([O-])([O-])OP(=O)(O)O.[K+].[Na+]. The molecule has 0 saturated heterocycles. The van der Waals surface area contributed by atoms with Gasteiger partial charge in [0.1, 0.15) is 0 Å². The molecular weight excluding hydrogens is 252 g/mol. The molecule has 0 fully saturated rings. The zero-order valence-electron chi connectivity index (χ0n) is 6.33. The van der Waals surface area contributed by atoms with Crippen LogP contribution in [0, 0.1) is 0 Å². The molecule has 0 amide bonds. The van der Waals surface area contributed by atoms with Gasteiger partial charge >= 0.3 is 88.8 Å². The van der Waals surface area contributed by atoms with Gasteiger partial charge in [0.25, 0.3) is 0 Å². The van der Waals surface area contributed by atoms with Crippen LogP contribution in [0.5, 0.6) is 0 Å². The van der Waals surface area contributed by atoms with E-state index in [1.165, 1.54) is 0 Å². The molecule has 0 aliphatic carbocycles. The molecule has 12 heteroatoms. The summed E-state index contributed by atoms with van der Waals surface area (Å²) >= 11 is 0. The quantitative estimate of drug-likeness (QED) is 0.366. The Labute approximate surface area is 133 Å². The molecule has 0 rings (SSSR count). The monoisotopic (exact) mass is 256 g/mol. The van der Waals surface area contributed by atoms with Crippen LogP contribution in [0.3, 0.4) is 0 Å². The summed E-state index contributed by atoms with van der Waals surface area (Å²) in [5.74, 6) is 0. The van der Waals surface area contributed by atoms with E-state index in [-0.39, 0.29) is 86.4 Å². The van der Waals surface area contributed by atoms with Gasteiger partial charge in [0, 0.05) is 0 Å². The summed E-state index contributed by atoms with van der Waals surface area (Å²) in [6.07, 6.45) is 0. The van der Waals surface area contributed by atoms with Gasteiger partial charge in [0.05, 0.1) is 7.82 Å².